The molecule has 0 fully saturated rings. The molecule has 1 aromatic carbocycles. The van der Waals surface area contributed by atoms with Crippen LogP contribution in [-0.2, 0) is 5.41 Å². The molecule has 2 rings (SSSR count). The molecule has 2 aromatic rings. The lowest BCUT2D eigenvalue weighted by molar-refractivity contribution is -0.385. The van der Waals surface area contributed by atoms with Crippen LogP contribution in [0, 0.1) is 17.0 Å². The van der Waals surface area contributed by atoms with Gasteiger partial charge in [0.2, 0.25) is 0 Å². The fourth-order valence-electron chi connectivity index (χ4n) is 2.12. The number of pyridine rings is 1. The van der Waals surface area contributed by atoms with E-state index in [1.54, 1.807) is 19.1 Å². The number of nitrogens with one attached hydrogen (secondary N) is 1. The van der Waals surface area contributed by atoms with Crippen molar-refractivity contribution in [2.24, 2.45) is 0 Å². The summed E-state index contributed by atoms with van der Waals surface area (Å²) in [7, 11) is 0. The van der Waals surface area contributed by atoms with Crippen molar-refractivity contribution in [2.75, 3.05) is 5.32 Å². The van der Waals surface area contributed by atoms with Crippen molar-refractivity contribution in [3.05, 3.63) is 63.3 Å². The van der Waals surface area contributed by atoms with Gasteiger partial charge in [0, 0.05) is 11.1 Å². The standard InChI is InChI=1S/C17H19N3O3/c1-11-9-15(18-10-14(11)20(22)23)19-16(21)12-5-7-13(8-6-12)17(2,3)4/h5-10H,1-4H3,(H,18,19,21). The summed E-state index contributed by atoms with van der Waals surface area (Å²) in [5.74, 6) is -0.00999. The Balaban J connectivity index is 2.16. The van der Waals surface area contributed by atoms with E-state index in [0.29, 0.717) is 11.1 Å². The van der Waals surface area contributed by atoms with Crippen LogP contribution in [0.2, 0.25) is 0 Å². The fourth-order valence-corrected chi connectivity index (χ4v) is 2.12. The number of anilines is 1. The number of hydrogen-bond acceptors (Lipinski definition) is 4. The topological polar surface area (TPSA) is 85.1 Å². The van der Waals surface area contributed by atoms with Crippen LogP contribution in [0.5, 0.6) is 0 Å². The van der Waals surface area contributed by atoms with Gasteiger partial charge in [0.05, 0.1) is 4.92 Å². The smallest absolute Gasteiger partial charge is 0.290 e. The van der Waals surface area contributed by atoms with Crippen LogP contribution in [0.3, 0.4) is 0 Å². The maximum Gasteiger partial charge on any atom is 0.290 e. The van der Waals surface area contributed by atoms with Crippen molar-refractivity contribution in [1.82, 2.24) is 4.98 Å². The van der Waals surface area contributed by atoms with Gasteiger partial charge in [0.15, 0.2) is 0 Å². The monoisotopic (exact) mass is 313 g/mol. The number of hydrogen-bond donors (Lipinski definition) is 1. The van der Waals surface area contributed by atoms with Gasteiger partial charge < -0.3 is 5.32 Å². The van der Waals surface area contributed by atoms with Gasteiger partial charge in [0.25, 0.3) is 11.6 Å². The Labute approximate surface area is 134 Å². The van der Waals surface area contributed by atoms with Crippen LogP contribution in [0.1, 0.15) is 42.3 Å². The van der Waals surface area contributed by atoms with Crippen LogP contribution < -0.4 is 5.32 Å². The van der Waals surface area contributed by atoms with E-state index in [9.17, 15) is 14.9 Å². The van der Waals surface area contributed by atoms with Gasteiger partial charge in [-0.15, -0.1) is 0 Å². The molecule has 1 heterocycles. The summed E-state index contributed by atoms with van der Waals surface area (Å²) < 4.78 is 0. The summed E-state index contributed by atoms with van der Waals surface area (Å²) in [6, 6.07) is 8.84. The maximum absolute atomic E-state index is 12.2. The van der Waals surface area contributed by atoms with Crippen LogP contribution in [-0.4, -0.2) is 15.8 Å². The van der Waals surface area contributed by atoms with Gasteiger partial charge in [-0.2, -0.15) is 0 Å². The van der Waals surface area contributed by atoms with E-state index in [4.69, 9.17) is 0 Å². The highest BCUT2D eigenvalue weighted by Gasteiger charge is 2.16. The molecule has 0 bridgehead atoms. The molecular weight excluding hydrogens is 294 g/mol. The third-order valence-electron chi connectivity index (χ3n) is 3.53. The molecule has 1 amide bonds. The minimum absolute atomic E-state index is 0.0199. The van der Waals surface area contributed by atoms with Crippen molar-refractivity contribution in [3.63, 3.8) is 0 Å². The molecule has 0 atom stereocenters. The first-order valence-electron chi connectivity index (χ1n) is 7.21. The number of amides is 1. The highest BCUT2D eigenvalue weighted by Crippen LogP contribution is 2.23. The highest BCUT2D eigenvalue weighted by atomic mass is 16.6. The number of benzene rings is 1. The molecule has 0 saturated carbocycles. The molecule has 6 heteroatoms. The minimum atomic E-state index is -0.501. The molecule has 1 aromatic heterocycles. The Morgan fingerprint density at radius 3 is 2.30 bits per heavy atom. The predicted octanol–water partition coefficient (Wildman–Crippen LogP) is 3.85. The van der Waals surface area contributed by atoms with Crippen LogP contribution in [0.25, 0.3) is 0 Å². The Hall–Kier alpha value is -2.76. The van der Waals surface area contributed by atoms with E-state index in [0.717, 1.165) is 11.8 Å². The van der Waals surface area contributed by atoms with Crippen molar-refractivity contribution in [2.45, 2.75) is 33.1 Å². The van der Waals surface area contributed by atoms with Crippen molar-refractivity contribution >= 4 is 17.4 Å². The molecular formula is C17H19N3O3. The Kier molecular flexibility index (Phi) is 4.45. The molecule has 0 spiro atoms. The Bertz CT molecular complexity index is 747. The van der Waals surface area contributed by atoms with E-state index in [2.05, 4.69) is 31.1 Å². The van der Waals surface area contributed by atoms with E-state index < -0.39 is 4.92 Å². The Morgan fingerprint density at radius 2 is 1.83 bits per heavy atom. The maximum atomic E-state index is 12.2. The van der Waals surface area contributed by atoms with Crippen LogP contribution >= 0.6 is 0 Å². The molecule has 0 saturated heterocycles. The number of aryl methyl sites for hydroxylation is 1. The van der Waals surface area contributed by atoms with Crippen molar-refractivity contribution in [1.29, 1.82) is 0 Å². The number of rotatable bonds is 3. The SMILES string of the molecule is Cc1cc(NC(=O)c2ccc(C(C)(C)C)cc2)ncc1[N+](=O)[O-]. The lowest BCUT2D eigenvalue weighted by atomic mass is 9.87. The second-order valence-corrected chi connectivity index (χ2v) is 6.39. The minimum Gasteiger partial charge on any atom is -0.307 e. The normalized spacial score (nSPS) is 11.1. The van der Waals surface area contributed by atoms with Gasteiger partial charge in [0.1, 0.15) is 12.0 Å². The van der Waals surface area contributed by atoms with Crippen molar-refractivity contribution < 1.29 is 9.72 Å². The van der Waals surface area contributed by atoms with Crippen LogP contribution in [0.4, 0.5) is 11.5 Å². The highest BCUT2D eigenvalue weighted by molar-refractivity contribution is 6.03. The predicted molar refractivity (Wildman–Crippen MR) is 88.7 cm³/mol. The summed E-state index contributed by atoms with van der Waals surface area (Å²) in [6.07, 6.45) is 1.15. The average Bonchev–Trinajstić information content (AvgIpc) is 2.46. The number of carbonyl (C=O) groups excluding carboxylic acids is 1. The third-order valence-corrected chi connectivity index (χ3v) is 3.53. The average molecular weight is 313 g/mol. The van der Waals surface area contributed by atoms with Crippen LogP contribution in [0.15, 0.2) is 36.5 Å². The lowest BCUT2D eigenvalue weighted by Crippen LogP contribution is -2.15. The number of carbonyl (C=O) groups is 1. The van der Waals surface area contributed by atoms with Gasteiger partial charge in [-0.05, 0) is 36.1 Å². The third kappa shape index (κ3) is 3.91. The van der Waals surface area contributed by atoms with Gasteiger partial charge in [-0.3, -0.25) is 14.9 Å². The first-order chi connectivity index (χ1) is 10.7. The summed E-state index contributed by atoms with van der Waals surface area (Å²) in [5.41, 5.74) is 2.04. The van der Waals surface area contributed by atoms with E-state index >= 15 is 0 Å². The summed E-state index contributed by atoms with van der Waals surface area (Å²) in [5, 5.41) is 13.4. The van der Waals surface area contributed by atoms with E-state index in [-0.39, 0.29) is 22.8 Å². The fraction of sp³-hybridized carbons (Fsp3) is 0.294. The van der Waals surface area contributed by atoms with E-state index in [1.807, 2.05) is 12.1 Å². The first kappa shape index (κ1) is 16.6. The van der Waals surface area contributed by atoms with E-state index in [1.165, 1.54) is 6.07 Å². The zero-order valence-electron chi connectivity index (χ0n) is 13.6. The molecule has 120 valence electrons. The largest absolute Gasteiger partial charge is 0.307 e. The van der Waals surface area contributed by atoms with Crippen molar-refractivity contribution in [3.8, 4) is 0 Å². The molecule has 0 aliphatic rings. The lowest BCUT2D eigenvalue weighted by Gasteiger charge is -2.19. The first-order valence-corrected chi connectivity index (χ1v) is 7.21. The molecule has 0 aliphatic carbocycles. The molecule has 0 unspecified atom stereocenters. The molecule has 0 radical (unpaired) electrons. The summed E-state index contributed by atoms with van der Waals surface area (Å²) in [6.45, 7) is 7.91. The van der Waals surface area contributed by atoms with Gasteiger partial charge in [-0.25, -0.2) is 4.98 Å². The molecule has 6 nitrogen and oxygen atoms in total. The number of nitrogens with zero attached hydrogens (tertiary/aromatic N) is 2. The summed E-state index contributed by atoms with van der Waals surface area (Å²) >= 11 is 0. The molecule has 23 heavy (non-hydrogen) atoms. The quantitative estimate of drug-likeness (QED) is 0.689. The number of aromatic nitrogens is 1. The number of nitro groups is 1. The summed E-state index contributed by atoms with van der Waals surface area (Å²) in [4.78, 5) is 26.4. The zero-order valence-corrected chi connectivity index (χ0v) is 13.6. The second-order valence-electron chi connectivity index (χ2n) is 6.39. The molecule has 1 N–H and O–H groups in total. The zero-order chi connectivity index (χ0) is 17.2. The van der Waals surface area contributed by atoms with Gasteiger partial charge >= 0.3 is 0 Å². The Morgan fingerprint density at radius 1 is 1.22 bits per heavy atom. The second kappa shape index (κ2) is 6.16. The van der Waals surface area contributed by atoms with Gasteiger partial charge in [-0.1, -0.05) is 32.9 Å². The molecule has 0 aliphatic heterocycles.